The van der Waals surface area contributed by atoms with Gasteiger partial charge in [-0.05, 0) is 44.9 Å². The first kappa shape index (κ1) is 73.2. The third kappa shape index (κ3) is 45.1. The van der Waals surface area contributed by atoms with Crippen molar-refractivity contribution in [3.8, 4) is 0 Å². The smallest absolute Gasteiger partial charge is 0.326 e. The van der Waals surface area contributed by atoms with Crippen LogP contribution in [0.4, 0.5) is 0 Å². The van der Waals surface area contributed by atoms with E-state index in [4.69, 9.17) is 24.7 Å². The van der Waals surface area contributed by atoms with E-state index >= 15 is 0 Å². The summed E-state index contributed by atoms with van der Waals surface area (Å²) in [7, 11) is 0. The summed E-state index contributed by atoms with van der Waals surface area (Å²) in [6.07, 6.45) is 20.1. The van der Waals surface area contributed by atoms with E-state index in [0.29, 0.717) is 32.2 Å². The van der Waals surface area contributed by atoms with Gasteiger partial charge in [-0.15, -0.1) is 0 Å². The molecule has 0 spiro atoms. The van der Waals surface area contributed by atoms with Crippen LogP contribution in [-0.2, 0) is 66.9 Å². The zero-order chi connectivity index (χ0) is 58.0. The highest BCUT2D eigenvalue weighted by Crippen LogP contribution is 2.14. The molecule has 0 aliphatic heterocycles. The molecule has 0 fully saturated rings. The van der Waals surface area contributed by atoms with Gasteiger partial charge in [0.15, 0.2) is 0 Å². The minimum atomic E-state index is -1.48. The highest BCUT2D eigenvalue weighted by molar-refractivity contribution is 14.1. The molecular formula is C52H93IN8O17. The number of hydrogen-bond acceptors (Lipinski definition) is 15. The molecule has 0 saturated carbocycles. The summed E-state index contributed by atoms with van der Waals surface area (Å²) in [4.78, 5) is 120. The maximum absolute atomic E-state index is 12.5. The zero-order valence-corrected chi connectivity index (χ0v) is 48.1. The van der Waals surface area contributed by atoms with E-state index in [-0.39, 0.29) is 110 Å². The fraction of sp³-hybridized carbons (Fsp3) is 0.808. The Bertz CT molecular complexity index is 1720. The molecule has 0 radical (unpaired) electrons. The molecule has 0 aromatic heterocycles. The third-order valence-corrected chi connectivity index (χ3v) is 13.0. The quantitative estimate of drug-likeness (QED) is 0.0237. The van der Waals surface area contributed by atoms with Gasteiger partial charge in [-0.1, -0.05) is 103 Å². The monoisotopic (exact) mass is 1230 g/mol. The second-order valence-electron chi connectivity index (χ2n) is 19.0. The van der Waals surface area contributed by atoms with E-state index < -0.39 is 84.6 Å². The number of primary amides is 1. The highest BCUT2D eigenvalue weighted by atomic mass is 127. The van der Waals surface area contributed by atoms with Crippen molar-refractivity contribution < 1.29 is 82.2 Å². The maximum Gasteiger partial charge on any atom is 0.326 e. The summed E-state index contributed by atoms with van der Waals surface area (Å²) in [5.41, 5.74) is 5.26. The largest absolute Gasteiger partial charge is 0.480 e. The third-order valence-electron chi connectivity index (χ3n) is 12.2. The Hall–Kier alpha value is -4.77. The Morgan fingerprint density at radius 2 is 0.744 bits per heavy atom. The number of amides is 7. The Labute approximate surface area is 474 Å². The number of carboxylic acid groups (broad SMARTS) is 3. The molecule has 0 rings (SSSR count). The van der Waals surface area contributed by atoms with E-state index in [1.165, 1.54) is 77.0 Å². The average molecular weight is 1230 g/mol. The number of aliphatic carboxylic acids is 3. The van der Waals surface area contributed by atoms with Crippen LogP contribution >= 0.6 is 22.9 Å². The average Bonchev–Trinajstić information content (AvgIpc) is 3.39. The molecule has 0 bridgehead atoms. The van der Waals surface area contributed by atoms with Crippen LogP contribution in [0.1, 0.15) is 174 Å². The molecule has 0 unspecified atom stereocenters. The maximum atomic E-state index is 12.5. The van der Waals surface area contributed by atoms with E-state index in [1.807, 2.05) is 22.9 Å². The standard InChI is InChI=1S/C52H93IN8O17/c1-2-3-4-5-6-7-8-9-10-11-12-13-14-15-16-17-21-45(64)58-40(50(69)70)23-26-44(63)56-29-31-75-33-35-77-37-47(66)57-30-32-76-34-36-78-38-48(67)60-42(52(73)74)24-27-46(65)59-41(51(71)72)22-25-43(62)55-28-19-18-20-39(61-53)49(54)68/h39-42,61H,2-38H2,1H3,(H2,54,68)(H,55,62)(H,56,63)(H,57,66)(H,58,64)(H,59,65)(H,60,67)(H,69,70)(H,71,72)(H,73,74)/t39-,40-,41-,42-/m0/s1. The molecule has 0 aromatic rings. The van der Waals surface area contributed by atoms with Crippen LogP contribution < -0.4 is 41.2 Å². The predicted octanol–water partition coefficient (Wildman–Crippen LogP) is 3.07. The lowest BCUT2D eigenvalue weighted by Crippen LogP contribution is -2.45. The first-order valence-electron chi connectivity index (χ1n) is 27.8. The topological polar surface area (TPSA) is 379 Å². The van der Waals surface area contributed by atoms with Gasteiger partial charge in [0.25, 0.3) is 0 Å². The molecule has 78 heavy (non-hydrogen) atoms. The number of carbonyl (C=O) groups is 10. The number of carboxylic acids is 3. The van der Waals surface area contributed by atoms with Crippen molar-refractivity contribution in [2.24, 2.45) is 5.73 Å². The summed E-state index contributed by atoms with van der Waals surface area (Å²) in [5, 5.41) is 43.5. The minimum Gasteiger partial charge on any atom is -0.480 e. The van der Waals surface area contributed by atoms with Crippen molar-refractivity contribution in [1.29, 1.82) is 0 Å². The fourth-order valence-corrected chi connectivity index (χ4v) is 8.29. The number of nitrogens with one attached hydrogen (secondary N) is 7. The molecule has 0 aliphatic rings. The lowest BCUT2D eigenvalue weighted by atomic mass is 10.0. The minimum absolute atomic E-state index is 0.0405. The van der Waals surface area contributed by atoms with Gasteiger partial charge in [0.1, 0.15) is 31.3 Å². The SMILES string of the molecule is CCCCCCCCCCCCCCCCCCC(=O)N[C@@H](CCC(=O)NCCOCCOCC(=O)NCCOCCOCC(=O)N[C@@H](CCC(=O)N[C@@H](CCC(=O)NCCCC[C@H](NI)C(N)=O)C(=O)O)C(=O)O)C(=O)O. The molecule has 0 aliphatic carbocycles. The molecule has 7 amide bonds. The van der Waals surface area contributed by atoms with Crippen molar-refractivity contribution in [2.45, 2.75) is 198 Å². The first-order valence-corrected chi connectivity index (χ1v) is 28.9. The van der Waals surface area contributed by atoms with Gasteiger partial charge in [0.2, 0.25) is 41.4 Å². The van der Waals surface area contributed by atoms with Gasteiger partial charge in [-0.2, -0.15) is 0 Å². The number of unbranched alkanes of at least 4 members (excludes halogenated alkanes) is 16. The number of ether oxygens (including phenoxy) is 4. The van der Waals surface area contributed by atoms with E-state index in [9.17, 15) is 63.3 Å². The van der Waals surface area contributed by atoms with Crippen molar-refractivity contribution in [3.63, 3.8) is 0 Å². The summed E-state index contributed by atoms with van der Waals surface area (Å²) in [5.74, 6) is -7.64. The lowest BCUT2D eigenvalue weighted by Gasteiger charge is -2.17. The van der Waals surface area contributed by atoms with Crippen LogP contribution in [-0.4, -0.2) is 171 Å². The van der Waals surface area contributed by atoms with Crippen molar-refractivity contribution in [3.05, 3.63) is 0 Å². The molecule has 4 atom stereocenters. The Balaban J connectivity index is 3.97. The van der Waals surface area contributed by atoms with Gasteiger partial charge in [0, 0.05) is 68.2 Å². The second-order valence-corrected chi connectivity index (χ2v) is 19.6. The molecule has 0 heterocycles. The number of hydrogen-bond donors (Lipinski definition) is 11. The van der Waals surface area contributed by atoms with Crippen LogP contribution in [0.3, 0.4) is 0 Å². The van der Waals surface area contributed by atoms with Gasteiger partial charge in [-0.3, -0.25) is 33.6 Å². The van der Waals surface area contributed by atoms with Gasteiger partial charge < -0.3 is 71.9 Å². The van der Waals surface area contributed by atoms with Gasteiger partial charge in [0.05, 0.1) is 45.7 Å². The number of halogens is 1. The van der Waals surface area contributed by atoms with Crippen LogP contribution in [0, 0.1) is 0 Å². The molecular weight excluding hydrogens is 1140 g/mol. The first-order chi connectivity index (χ1) is 37.5. The Morgan fingerprint density at radius 1 is 0.385 bits per heavy atom. The van der Waals surface area contributed by atoms with Crippen molar-refractivity contribution in [1.82, 2.24) is 35.4 Å². The normalized spacial score (nSPS) is 12.6. The molecule has 0 aromatic carbocycles. The molecule has 450 valence electrons. The van der Waals surface area contributed by atoms with E-state index in [0.717, 1.165) is 19.3 Å². The Kier molecular flexibility index (Phi) is 47.4. The molecule has 12 N–H and O–H groups in total. The molecule has 0 saturated heterocycles. The second kappa shape index (κ2) is 50.4. The summed E-state index contributed by atoms with van der Waals surface area (Å²) >= 11 is 1.83. The summed E-state index contributed by atoms with van der Waals surface area (Å²) < 4.78 is 24.0. The van der Waals surface area contributed by atoms with Crippen molar-refractivity contribution in [2.75, 3.05) is 72.5 Å². The summed E-state index contributed by atoms with van der Waals surface area (Å²) in [6.45, 7) is 2.61. The molecule has 26 heteroatoms. The van der Waals surface area contributed by atoms with Crippen LogP contribution in [0.2, 0.25) is 0 Å². The summed E-state index contributed by atoms with van der Waals surface area (Å²) in [6, 6.07) is -4.55. The van der Waals surface area contributed by atoms with Crippen LogP contribution in [0.25, 0.3) is 0 Å². The van der Waals surface area contributed by atoms with E-state index in [1.54, 1.807) is 0 Å². The van der Waals surface area contributed by atoms with Crippen LogP contribution in [0.5, 0.6) is 0 Å². The van der Waals surface area contributed by atoms with Gasteiger partial charge >= 0.3 is 17.9 Å². The number of rotatable bonds is 55. The van der Waals surface area contributed by atoms with Gasteiger partial charge in [-0.25, -0.2) is 17.9 Å². The lowest BCUT2D eigenvalue weighted by molar-refractivity contribution is -0.144. The van der Waals surface area contributed by atoms with E-state index in [2.05, 4.69) is 42.4 Å². The van der Waals surface area contributed by atoms with Crippen LogP contribution in [0.15, 0.2) is 0 Å². The Morgan fingerprint density at radius 3 is 1.17 bits per heavy atom. The number of nitrogens with two attached hydrogens (primary N) is 1. The number of carbonyl (C=O) groups excluding carboxylic acids is 7. The molecule has 25 nitrogen and oxygen atoms in total. The highest BCUT2D eigenvalue weighted by Gasteiger charge is 2.25. The fourth-order valence-electron chi connectivity index (χ4n) is 7.68. The van der Waals surface area contributed by atoms with Crippen molar-refractivity contribution >= 4 is 82.1 Å². The predicted molar refractivity (Wildman–Crippen MR) is 297 cm³/mol. The zero-order valence-electron chi connectivity index (χ0n) is 46.0.